The third kappa shape index (κ3) is 4.20. The lowest BCUT2D eigenvalue weighted by Crippen LogP contribution is -2.17. The molecule has 0 bridgehead atoms. The van der Waals surface area contributed by atoms with Crippen LogP contribution in [0, 0.1) is 0 Å². The lowest BCUT2D eigenvalue weighted by Gasteiger charge is -2.12. The summed E-state index contributed by atoms with van der Waals surface area (Å²) in [7, 11) is 1.68. The highest BCUT2D eigenvalue weighted by atomic mass is 35.5. The van der Waals surface area contributed by atoms with Crippen LogP contribution in [-0.2, 0) is 19.6 Å². The molecule has 0 saturated heterocycles. The number of rotatable bonds is 7. The number of imidazole rings is 1. The van der Waals surface area contributed by atoms with E-state index in [1.165, 1.54) is 16.3 Å². The van der Waals surface area contributed by atoms with Crippen LogP contribution in [-0.4, -0.2) is 16.7 Å². The number of nitrogens with one attached hydrogen (secondary N) is 1. The number of benzene rings is 4. The summed E-state index contributed by atoms with van der Waals surface area (Å²) in [6.07, 6.45) is 0. The van der Waals surface area contributed by atoms with Crippen LogP contribution >= 0.6 is 11.6 Å². The molecule has 0 spiro atoms. The molecule has 0 fully saturated rings. The molecule has 0 saturated carbocycles. The molecule has 4 aromatic carbocycles. The van der Waals surface area contributed by atoms with Gasteiger partial charge < -0.3 is 14.6 Å². The zero-order chi connectivity index (χ0) is 21.9. The van der Waals surface area contributed by atoms with E-state index in [2.05, 4.69) is 64.5 Å². The van der Waals surface area contributed by atoms with E-state index in [1.807, 2.05) is 30.3 Å². The Labute approximate surface area is 192 Å². The molecule has 5 aromatic rings. The molecule has 4 nitrogen and oxygen atoms in total. The fourth-order valence-corrected chi connectivity index (χ4v) is 4.38. The van der Waals surface area contributed by atoms with Gasteiger partial charge >= 0.3 is 0 Å². The van der Waals surface area contributed by atoms with E-state index < -0.39 is 0 Å². The van der Waals surface area contributed by atoms with Gasteiger partial charge in [0.2, 0.25) is 0 Å². The van der Waals surface area contributed by atoms with Crippen molar-refractivity contribution in [2.75, 3.05) is 7.11 Å². The van der Waals surface area contributed by atoms with Crippen LogP contribution in [0.15, 0.2) is 84.9 Å². The van der Waals surface area contributed by atoms with Crippen molar-refractivity contribution in [2.24, 2.45) is 0 Å². The molecule has 0 unspecified atom stereocenters. The summed E-state index contributed by atoms with van der Waals surface area (Å²) in [5.74, 6) is 1.79. The number of aromatic nitrogens is 2. The number of methoxy groups -OCH3 is 1. The first-order valence-corrected chi connectivity index (χ1v) is 11.0. The zero-order valence-corrected chi connectivity index (χ0v) is 18.6. The van der Waals surface area contributed by atoms with Crippen LogP contribution in [0.1, 0.15) is 17.0 Å². The van der Waals surface area contributed by atoms with E-state index in [-0.39, 0.29) is 0 Å². The van der Waals surface area contributed by atoms with Crippen molar-refractivity contribution in [1.29, 1.82) is 0 Å². The van der Waals surface area contributed by atoms with Crippen molar-refractivity contribution < 1.29 is 4.74 Å². The van der Waals surface area contributed by atoms with Crippen LogP contribution in [0.25, 0.3) is 21.8 Å². The third-order valence-electron chi connectivity index (χ3n) is 5.74. The molecule has 1 N–H and O–H groups in total. The van der Waals surface area contributed by atoms with Crippen molar-refractivity contribution in [3.63, 3.8) is 0 Å². The topological polar surface area (TPSA) is 39.1 Å². The molecule has 0 amide bonds. The SMILES string of the molecule is COc1ccc2c(c1)nc(CNCc1cccc3ccccc13)n2Cc1cccc(Cl)c1. The van der Waals surface area contributed by atoms with Gasteiger partial charge in [0.1, 0.15) is 11.6 Å². The second-order valence-corrected chi connectivity index (χ2v) is 8.28. The van der Waals surface area contributed by atoms with Gasteiger partial charge in [-0.1, -0.05) is 66.2 Å². The van der Waals surface area contributed by atoms with Crippen molar-refractivity contribution in [3.8, 4) is 5.75 Å². The number of ether oxygens (including phenoxy) is 1. The van der Waals surface area contributed by atoms with E-state index >= 15 is 0 Å². The first kappa shape index (κ1) is 20.6. The summed E-state index contributed by atoms with van der Waals surface area (Å²) in [5, 5.41) is 6.87. The smallest absolute Gasteiger partial charge is 0.124 e. The molecule has 1 aromatic heterocycles. The van der Waals surface area contributed by atoms with Gasteiger partial charge in [-0.3, -0.25) is 0 Å². The number of fused-ring (bicyclic) bond motifs is 2. The highest BCUT2D eigenvalue weighted by Gasteiger charge is 2.13. The fraction of sp³-hybridized carbons (Fsp3) is 0.148. The molecule has 0 radical (unpaired) electrons. The van der Waals surface area contributed by atoms with Crippen LogP contribution < -0.4 is 10.1 Å². The maximum atomic E-state index is 6.23. The van der Waals surface area contributed by atoms with Gasteiger partial charge in [0.15, 0.2) is 0 Å². The minimum absolute atomic E-state index is 0.654. The maximum Gasteiger partial charge on any atom is 0.124 e. The quantitative estimate of drug-likeness (QED) is 0.327. The largest absolute Gasteiger partial charge is 0.497 e. The van der Waals surface area contributed by atoms with Crippen LogP contribution in [0.3, 0.4) is 0 Å². The monoisotopic (exact) mass is 441 g/mol. The Hall–Kier alpha value is -3.34. The Bertz CT molecular complexity index is 1390. The average Bonchev–Trinajstić information content (AvgIpc) is 3.15. The Balaban J connectivity index is 1.44. The first-order chi connectivity index (χ1) is 15.7. The Morgan fingerprint density at radius 1 is 0.906 bits per heavy atom. The molecule has 0 atom stereocenters. The Morgan fingerprint density at radius 2 is 1.75 bits per heavy atom. The molecular weight excluding hydrogens is 418 g/mol. The van der Waals surface area contributed by atoms with Gasteiger partial charge in [0, 0.05) is 24.2 Å². The van der Waals surface area contributed by atoms with Gasteiger partial charge in [-0.25, -0.2) is 4.98 Å². The van der Waals surface area contributed by atoms with Crippen molar-refractivity contribution in [2.45, 2.75) is 19.6 Å². The number of hydrogen-bond donors (Lipinski definition) is 1. The predicted molar refractivity (Wildman–Crippen MR) is 131 cm³/mol. The second-order valence-electron chi connectivity index (χ2n) is 7.84. The van der Waals surface area contributed by atoms with Crippen LogP contribution in [0.2, 0.25) is 5.02 Å². The lowest BCUT2D eigenvalue weighted by molar-refractivity contribution is 0.415. The molecule has 5 rings (SSSR count). The molecule has 0 aliphatic rings. The summed E-state index contributed by atoms with van der Waals surface area (Å²) in [6, 6.07) is 28.9. The van der Waals surface area contributed by atoms with Gasteiger partial charge in [-0.2, -0.15) is 0 Å². The minimum atomic E-state index is 0.654. The normalized spacial score (nSPS) is 11.3. The molecule has 0 aliphatic carbocycles. The van der Waals surface area contributed by atoms with Crippen LogP contribution in [0.4, 0.5) is 0 Å². The molecule has 0 aliphatic heterocycles. The number of halogens is 1. The summed E-state index contributed by atoms with van der Waals surface area (Å²) < 4.78 is 7.65. The summed E-state index contributed by atoms with van der Waals surface area (Å²) in [4.78, 5) is 4.92. The summed E-state index contributed by atoms with van der Waals surface area (Å²) >= 11 is 6.23. The molecule has 1 heterocycles. The molecule has 32 heavy (non-hydrogen) atoms. The predicted octanol–water partition coefficient (Wildman–Crippen LogP) is 6.19. The van der Waals surface area contributed by atoms with Gasteiger partial charge in [0.25, 0.3) is 0 Å². The zero-order valence-electron chi connectivity index (χ0n) is 17.9. The minimum Gasteiger partial charge on any atom is -0.497 e. The fourth-order valence-electron chi connectivity index (χ4n) is 4.17. The standard InChI is InChI=1S/C27H24ClN3O/c1-32-23-12-13-26-25(15-23)30-27(31(26)18-19-6-4-10-22(28)14-19)17-29-16-21-9-5-8-20-7-2-3-11-24(20)21/h2-15,29H,16-18H2,1H3. The Kier molecular flexibility index (Phi) is 5.80. The number of hydrogen-bond acceptors (Lipinski definition) is 3. The maximum absolute atomic E-state index is 6.23. The summed E-state index contributed by atoms with van der Waals surface area (Å²) in [5.41, 5.74) is 4.42. The van der Waals surface area contributed by atoms with Crippen molar-refractivity contribution in [1.82, 2.24) is 14.9 Å². The summed E-state index contributed by atoms with van der Waals surface area (Å²) in [6.45, 7) is 2.13. The van der Waals surface area contributed by atoms with E-state index in [9.17, 15) is 0 Å². The van der Waals surface area contributed by atoms with Gasteiger partial charge in [0.05, 0.1) is 24.7 Å². The first-order valence-electron chi connectivity index (χ1n) is 10.7. The molecular formula is C27H24ClN3O. The average molecular weight is 442 g/mol. The number of nitrogens with zero attached hydrogens (tertiary/aromatic N) is 2. The highest BCUT2D eigenvalue weighted by molar-refractivity contribution is 6.30. The van der Waals surface area contributed by atoms with E-state index in [0.717, 1.165) is 39.7 Å². The lowest BCUT2D eigenvalue weighted by atomic mass is 10.0. The highest BCUT2D eigenvalue weighted by Crippen LogP contribution is 2.24. The van der Waals surface area contributed by atoms with E-state index in [1.54, 1.807) is 7.11 Å². The molecule has 160 valence electrons. The van der Waals surface area contributed by atoms with Crippen LogP contribution in [0.5, 0.6) is 5.75 Å². The third-order valence-corrected chi connectivity index (χ3v) is 5.98. The van der Waals surface area contributed by atoms with Crippen molar-refractivity contribution in [3.05, 3.63) is 107 Å². The van der Waals surface area contributed by atoms with E-state index in [4.69, 9.17) is 21.3 Å². The van der Waals surface area contributed by atoms with Gasteiger partial charge in [-0.05, 0) is 46.2 Å². The molecule has 5 heteroatoms. The van der Waals surface area contributed by atoms with Gasteiger partial charge in [-0.15, -0.1) is 0 Å². The van der Waals surface area contributed by atoms with E-state index in [0.29, 0.717) is 13.1 Å². The van der Waals surface area contributed by atoms with Crippen molar-refractivity contribution >= 4 is 33.4 Å². The Morgan fingerprint density at radius 3 is 2.62 bits per heavy atom. The second kappa shape index (κ2) is 9.03.